The van der Waals surface area contributed by atoms with Crippen molar-refractivity contribution in [1.82, 2.24) is 25.1 Å². The van der Waals surface area contributed by atoms with Crippen molar-refractivity contribution in [2.45, 2.75) is 26.3 Å². The van der Waals surface area contributed by atoms with Gasteiger partial charge in [-0.2, -0.15) is 0 Å². The lowest BCUT2D eigenvalue weighted by Crippen LogP contribution is -2.17. The Morgan fingerprint density at radius 3 is 3.04 bits per heavy atom. The first-order valence-corrected chi connectivity index (χ1v) is 8.40. The molecule has 0 atom stereocenters. The van der Waals surface area contributed by atoms with Crippen molar-refractivity contribution in [2.24, 2.45) is 0 Å². The Kier molecular flexibility index (Phi) is 7.65. The largest absolute Gasteiger partial charge is 0.498 e. The quantitative estimate of drug-likeness (QED) is 0.283. The van der Waals surface area contributed by atoms with E-state index in [9.17, 15) is 0 Å². The van der Waals surface area contributed by atoms with Crippen LogP contribution in [0, 0.1) is 0 Å². The molecule has 134 valence electrons. The lowest BCUT2D eigenvalue weighted by Gasteiger charge is -2.09. The molecule has 0 saturated heterocycles. The first kappa shape index (κ1) is 18.7. The zero-order valence-corrected chi connectivity index (χ0v) is 14.9. The van der Waals surface area contributed by atoms with Crippen LogP contribution in [-0.2, 0) is 11.3 Å². The number of allylic oxidation sites excluding steroid dienone is 3. The summed E-state index contributed by atoms with van der Waals surface area (Å²) in [7, 11) is 1.88. The van der Waals surface area contributed by atoms with Gasteiger partial charge >= 0.3 is 0 Å². The van der Waals surface area contributed by atoms with Crippen molar-refractivity contribution in [3.8, 4) is 11.5 Å². The zero-order chi connectivity index (χ0) is 17.9. The van der Waals surface area contributed by atoms with Crippen LogP contribution in [0.4, 0.5) is 5.82 Å². The molecular formula is C18H26N6O. The summed E-state index contributed by atoms with van der Waals surface area (Å²) in [5.74, 6) is 2.46. The number of rotatable bonds is 11. The second kappa shape index (κ2) is 10.2. The number of nitrogens with zero attached hydrogens (tertiary/aromatic N) is 4. The number of nitrogens with one attached hydrogen (secondary N) is 2. The SMILES string of the molecule is C=C/C=C(\C)OCCCCn1cnnc1-c1cccc(NCNC)n1. The molecule has 2 rings (SSSR count). The van der Waals surface area contributed by atoms with Crippen LogP contribution in [0.2, 0.25) is 0 Å². The predicted molar refractivity (Wildman–Crippen MR) is 99.9 cm³/mol. The normalized spacial score (nSPS) is 11.4. The first-order chi connectivity index (χ1) is 12.2. The molecular weight excluding hydrogens is 316 g/mol. The van der Waals surface area contributed by atoms with Gasteiger partial charge in [0, 0.05) is 6.54 Å². The first-order valence-electron chi connectivity index (χ1n) is 8.40. The maximum atomic E-state index is 5.59. The molecule has 0 bridgehead atoms. The van der Waals surface area contributed by atoms with Gasteiger partial charge in [-0.3, -0.25) is 0 Å². The lowest BCUT2D eigenvalue weighted by molar-refractivity contribution is 0.206. The van der Waals surface area contributed by atoms with E-state index in [1.807, 2.05) is 42.8 Å². The van der Waals surface area contributed by atoms with Gasteiger partial charge in [-0.05, 0) is 45.0 Å². The van der Waals surface area contributed by atoms with Crippen LogP contribution in [-0.4, -0.2) is 40.1 Å². The van der Waals surface area contributed by atoms with Crippen LogP contribution in [0.15, 0.2) is 49.0 Å². The molecule has 7 nitrogen and oxygen atoms in total. The number of aryl methyl sites for hydroxylation is 1. The monoisotopic (exact) mass is 342 g/mol. The molecule has 2 aromatic rings. The van der Waals surface area contributed by atoms with Crippen LogP contribution in [0.3, 0.4) is 0 Å². The molecule has 0 saturated carbocycles. The third-order valence-corrected chi connectivity index (χ3v) is 3.52. The van der Waals surface area contributed by atoms with Crippen molar-refractivity contribution in [3.63, 3.8) is 0 Å². The van der Waals surface area contributed by atoms with E-state index in [4.69, 9.17) is 4.74 Å². The van der Waals surface area contributed by atoms with Gasteiger partial charge in [0.15, 0.2) is 5.82 Å². The molecule has 0 aliphatic rings. The van der Waals surface area contributed by atoms with Gasteiger partial charge in [-0.25, -0.2) is 4.98 Å². The van der Waals surface area contributed by atoms with Crippen LogP contribution in [0.1, 0.15) is 19.8 Å². The topological polar surface area (TPSA) is 76.9 Å². The van der Waals surface area contributed by atoms with Gasteiger partial charge in [-0.15, -0.1) is 10.2 Å². The van der Waals surface area contributed by atoms with Gasteiger partial charge in [0.1, 0.15) is 17.8 Å². The van der Waals surface area contributed by atoms with E-state index in [1.165, 1.54) is 0 Å². The number of pyridine rings is 1. The van der Waals surface area contributed by atoms with Crippen molar-refractivity contribution in [3.05, 3.63) is 49.0 Å². The van der Waals surface area contributed by atoms with E-state index in [0.717, 1.165) is 42.5 Å². The number of hydrogen-bond donors (Lipinski definition) is 2. The highest BCUT2D eigenvalue weighted by atomic mass is 16.5. The van der Waals surface area contributed by atoms with Crippen molar-refractivity contribution >= 4 is 5.82 Å². The van der Waals surface area contributed by atoms with Crippen LogP contribution in [0.25, 0.3) is 11.5 Å². The molecule has 2 N–H and O–H groups in total. The molecule has 0 fully saturated rings. The van der Waals surface area contributed by atoms with E-state index in [1.54, 1.807) is 12.4 Å². The Hall–Kier alpha value is -2.67. The lowest BCUT2D eigenvalue weighted by atomic mass is 10.3. The van der Waals surface area contributed by atoms with Gasteiger partial charge < -0.3 is 19.9 Å². The molecule has 2 heterocycles. The van der Waals surface area contributed by atoms with E-state index in [-0.39, 0.29) is 0 Å². The molecule has 0 radical (unpaired) electrons. The minimum Gasteiger partial charge on any atom is -0.498 e. The van der Waals surface area contributed by atoms with Crippen molar-refractivity contribution in [2.75, 3.05) is 25.6 Å². The van der Waals surface area contributed by atoms with Crippen molar-refractivity contribution < 1.29 is 4.74 Å². The van der Waals surface area contributed by atoms with E-state index in [2.05, 4.69) is 32.4 Å². The predicted octanol–water partition coefficient (Wildman–Crippen LogP) is 2.82. The summed E-state index contributed by atoms with van der Waals surface area (Å²) in [6.07, 6.45) is 7.26. The summed E-state index contributed by atoms with van der Waals surface area (Å²) in [5, 5.41) is 14.5. The molecule has 0 spiro atoms. The fourth-order valence-electron chi connectivity index (χ4n) is 2.29. The van der Waals surface area contributed by atoms with Crippen molar-refractivity contribution in [1.29, 1.82) is 0 Å². The number of unbranched alkanes of at least 4 members (excludes halogenated alkanes) is 1. The van der Waals surface area contributed by atoms with Crippen LogP contribution >= 0.6 is 0 Å². The molecule has 0 amide bonds. The number of anilines is 1. The number of hydrogen-bond acceptors (Lipinski definition) is 6. The second-order valence-electron chi connectivity index (χ2n) is 5.53. The molecule has 0 unspecified atom stereocenters. The Balaban J connectivity index is 1.90. The number of ether oxygens (including phenoxy) is 1. The summed E-state index contributed by atoms with van der Waals surface area (Å²) in [6.45, 7) is 7.75. The molecule has 7 heteroatoms. The third kappa shape index (κ3) is 6.04. The minimum atomic E-state index is 0.656. The van der Waals surface area contributed by atoms with E-state index in [0.29, 0.717) is 13.3 Å². The smallest absolute Gasteiger partial charge is 0.182 e. The molecule has 0 aliphatic carbocycles. The highest BCUT2D eigenvalue weighted by Gasteiger charge is 2.09. The third-order valence-electron chi connectivity index (χ3n) is 3.52. The summed E-state index contributed by atoms with van der Waals surface area (Å²) >= 11 is 0. The fourth-order valence-corrected chi connectivity index (χ4v) is 2.29. The molecule has 2 aromatic heterocycles. The molecule has 0 aliphatic heterocycles. The Labute approximate surface area is 148 Å². The Morgan fingerprint density at radius 1 is 1.36 bits per heavy atom. The highest BCUT2D eigenvalue weighted by Crippen LogP contribution is 2.17. The van der Waals surface area contributed by atoms with Gasteiger partial charge in [0.2, 0.25) is 0 Å². The van der Waals surface area contributed by atoms with Gasteiger partial charge in [0.25, 0.3) is 0 Å². The standard InChI is InChI=1S/C18H26N6O/c1-4-8-15(2)25-12-6-5-11-24-14-21-23-18(24)16-9-7-10-17(22-16)20-13-19-3/h4,7-10,14,19H,1,5-6,11-13H2,2-3H3,(H,20,22)/b15-8+. The van der Waals surface area contributed by atoms with Gasteiger partial charge in [-0.1, -0.05) is 18.7 Å². The average molecular weight is 342 g/mol. The zero-order valence-electron chi connectivity index (χ0n) is 14.9. The summed E-state index contributed by atoms with van der Waals surface area (Å²) in [5.41, 5.74) is 0.805. The van der Waals surface area contributed by atoms with E-state index < -0.39 is 0 Å². The minimum absolute atomic E-state index is 0.656. The summed E-state index contributed by atoms with van der Waals surface area (Å²) < 4.78 is 7.62. The van der Waals surface area contributed by atoms with Gasteiger partial charge in [0.05, 0.1) is 19.0 Å². The highest BCUT2D eigenvalue weighted by molar-refractivity contribution is 5.53. The maximum absolute atomic E-state index is 5.59. The van der Waals surface area contributed by atoms with Crippen LogP contribution < -0.4 is 10.6 Å². The molecule has 0 aromatic carbocycles. The molecule has 25 heavy (non-hydrogen) atoms. The average Bonchev–Trinajstić information content (AvgIpc) is 3.08. The fraction of sp³-hybridized carbons (Fsp3) is 0.389. The summed E-state index contributed by atoms with van der Waals surface area (Å²) in [4.78, 5) is 4.59. The second-order valence-corrected chi connectivity index (χ2v) is 5.53. The number of aromatic nitrogens is 4. The van der Waals surface area contributed by atoms with Crippen LogP contribution in [0.5, 0.6) is 0 Å². The Morgan fingerprint density at radius 2 is 2.24 bits per heavy atom. The van der Waals surface area contributed by atoms with E-state index >= 15 is 0 Å². The Bertz CT molecular complexity index is 694. The summed E-state index contributed by atoms with van der Waals surface area (Å²) in [6, 6.07) is 5.83. The maximum Gasteiger partial charge on any atom is 0.182 e.